The highest BCUT2D eigenvalue weighted by molar-refractivity contribution is 5.86. The first-order chi connectivity index (χ1) is 12.4. The van der Waals surface area contributed by atoms with Crippen molar-refractivity contribution in [2.75, 3.05) is 13.7 Å². The van der Waals surface area contributed by atoms with Crippen molar-refractivity contribution in [3.05, 3.63) is 23.7 Å². The van der Waals surface area contributed by atoms with E-state index in [4.69, 9.17) is 9.15 Å². The normalized spacial score (nSPS) is 28.9. The molecule has 1 aliphatic rings. The Morgan fingerprint density at radius 2 is 2.00 bits per heavy atom. The summed E-state index contributed by atoms with van der Waals surface area (Å²) in [5.74, 6) is -0.729. The zero-order valence-electron chi connectivity index (χ0n) is 13.5. The number of esters is 1. The molecule has 0 saturated carbocycles. The van der Waals surface area contributed by atoms with Gasteiger partial charge in [0, 0.05) is 0 Å². The van der Waals surface area contributed by atoms with Gasteiger partial charge in [-0.05, 0) is 0 Å². The highest BCUT2D eigenvalue weighted by atomic mass is 16.6. The third kappa shape index (κ3) is 3.42. The lowest BCUT2D eigenvalue weighted by molar-refractivity contribution is -0.236. The number of methoxy groups -OCH3 is 1. The van der Waals surface area contributed by atoms with E-state index >= 15 is 0 Å². The van der Waals surface area contributed by atoms with E-state index in [0.717, 1.165) is 0 Å². The number of aliphatic hydroxyl groups is 4. The maximum atomic E-state index is 11.3. The van der Waals surface area contributed by atoms with Crippen LogP contribution in [-0.2, 0) is 16.0 Å². The monoisotopic (exact) mass is 371 g/mol. The number of rotatable bonds is 5. The molecule has 13 heteroatoms. The Kier molecular flexibility index (Phi) is 5.24. The van der Waals surface area contributed by atoms with Gasteiger partial charge in [0.05, 0.1) is 19.9 Å². The fourth-order valence-electron chi connectivity index (χ4n) is 2.46. The molecule has 5 atom stereocenters. The van der Waals surface area contributed by atoms with Gasteiger partial charge < -0.3 is 34.3 Å². The van der Waals surface area contributed by atoms with Crippen molar-refractivity contribution in [1.82, 2.24) is 25.2 Å². The van der Waals surface area contributed by atoms with E-state index in [1.807, 2.05) is 0 Å². The minimum atomic E-state index is -1.56. The zero-order valence-corrected chi connectivity index (χ0v) is 13.5. The van der Waals surface area contributed by atoms with E-state index in [1.54, 1.807) is 0 Å². The molecule has 13 nitrogen and oxygen atoms in total. The minimum Gasteiger partial charge on any atom is -0.464 e. The van der Waals surface area contributed by atoms with E-state index < -0.39 is 43.1 Å². The Hall–Kier alpha value is -2.45. The number of carbonyl (C=O) groups excluding carboxylic acids is 1. The quantitative estimate of drug-likeness (QED) is 0.391. The van der Waals surface area contributed by atoms with E-state index in [2.05, 4.69) is 25.2 Å². The Bertz CT molecular complexity index is 761. The van der Waals surface area contributed by atoms with Crippen LogP contribution < -0.4 is 0 Å². The molecule has 1 saturated heterocycles. The molecule has 142 valence electrons. The molecule has 3 rings (SSSR count). The fourth-order valence-corrected chi connectivity index (χ4v) is 2.46. The van der Waals surface area contributed by atoms with Crippen molar-refractivity contribution in [3.8, 4) is 0 Å². The molecular weight excluding hydrogens is 354 g/mol. The predicted molar refractivity (Wildman–Crippen MR) is 77.5 cm³/mol. The van der Waals surface area contributed by atoms with Crippen LogP contribution in [0.2, 0.25) is 0 Å². The van der Waals surface area contributed by atoms with Gasteiger partial charge in [-0.2, -0.15) is 0 Å². The number of nitrogens with zero attached hydrogens (tertiary/aromatic N) is 5. The summed E-state index contributed by atoms with van der Waals surface area (Å²) >= 11 is 0. The van der Waals surface area contributed by atoms with Gasteiger partial charge in [0.25, 0.3) is 0 Å². The molecule has 1 fully saturated rings. The van der Waals surface area contributed by atoms with Crippen LogP contribution in [0.4, 0.5) is 0 Å². The van der Waals surface area contributed by atoms with E-state index in [9.17, 15) is 25.2 Å². The molecule has 0 aliphatic carbocycles. The van der Waals surface area contributed by atoms with Gasteiger partial charge in [-0.25, -0.2) is 9.48 Å². The van der Waals surface area contributed by atoms with Crippen molar-refractivity contribution in [2.45, 2.75) is 37.1 Å². The topological polar surface area (TPSA) is 186 Å². The van der Waals surface area contributed by atoms with Crippen molar-refractivity contribution in [2.24, 2.45) is 0 Å². The van der Waals surface area contributed by atoms with E-state index in [-0.39, 0.29) is 24.0 Å². The highest BCUT2D eigenvalue weighted by Crippen LogP contribution is 2.31. The molecule has 2 aromatic rings. The van der Waals surface area contributed by atoms with Gasteiger partial charge in [0.1, 0.15) is 31.0 Å². The third-order valence-electron chi connectivity index (χ3n) is 3.85. The van der Waals surface area contributed by atoms with Crippen LogP contribution in [0.25, 0.3) is 0 Å². The second-order valence-corrected chi connectivity index (χ2v) is 5.58. The molecule has 2 aromatic heterocycles. The largest absolute Gasteiger partial charge is 0.464 e. The van der Waals surface area contributed by atoms with Crippen LogP contribution >= 0.6 is 0 Å². The maximum Gasteiger partial charge on any atom is 0.360 e. The number of carbonyl (C=O) groups is 1. The number of aliphatic hydroxyl groups excluding tert-OH is 4. The van der Waals surface area contributed by atoms with Crippen molar-refractivity contribution in [3.63, 3.8) is 0 Å². The predicted octanol–water partition coefficient (Wildman–Crippen LogP) is -2.99. The molecule has 1 aliphatic heterocycles. The van der Waals surface area contributed by atoms with Gasteiger partial charge in [0.2, 0.25) is 11.8 Å². The summed E-state index contributed by atoms with van der Waals surface area (Å²) in [6, 6.07) is 0. The molecular formula is C13H17N5O8. The lowest BCUT2D eigenvalue weighted by Crippen LogP contribution is -2.55. The Morgan fingerprint density at radius 3 is 2.69 bits per heavy atom. The zero-order chi connectivity index (χ0) is 18.8. The number of hydrogen-bond acceptors (Lipinski definition) is 12. The van der Waals surface area contributed by atoms with E-state index in [0.29, 0.717) is 0 Å². The van der Waals surface area contributed by atoms with Crippen LogP contribution in [0.1, 0.15) is 28.4 Å². The molecule has 0 amide bonds. The standard InChI is InChI=1S/C13H17N5O8/c1-24-13(23)5-2-18(17-14-5)3-7-15-16-12(26-7)11-10(22)9(21)8(20)6(4-19)25-11/h2,6,8-11,19-22H,3-4H2,1H3/t6-,8-,9+,10-,11-/m1/s1. The van der Waals surface area contributed by atoms with Gasteiger partial charge in [0.15, 0.2) is 11.8 Å². The van der Waals surface area contributed by atoms with Gasteiger partial charge >= 0.3 is 5.97 Å². The van der Waals surface area contributed by atoms with Crippen molar-refractivity contribution < 1.29 is 39.1 Å². The first kappa shape index (κ1) is 18.3. The molecule has 0 radical (unpaired) electrons. The summed E-state index contributed by atoms with van der Waals surface area (Å²) in [7, 11) is 1.21. The number of ether oxygens (including phenoxy) is 2. The summed E-state index contributed by atoms with van der Waals surface area (Å²) in [4.78, 5) is 11.3. The average Bonchev–Trinajstić information content (AvgIpc) is 3.29. The lowest BCUT2D eigenvalue weighted by atomic mass is 9.95. The van der Waals surface area contributed by atoms with Crippen molar-refractivity contribution >= 4 is 5.97 Å². The molecule has 0 aromatic carbocycles. The second kappa shape index (κ2) is 7.43. The Labute approximate surface area is 145 Å². The Morgan fingerprint density at radius 1 is 1.23 bits per heavy atom. The molecule has 26 heavy (non-hydrogen) atoms. The molecule has 0 spiro atoms. The Balaban J connectivity index is 1.73. The SMILES string of the molecule is COC(=O)c1cn(Cc2nnc([C@@H]3O[C@H](CO)[C@@H](O)[C@H](O)[C@H]3O)o2)nn1. The number of hydrogen-bond donors (Lipinski definition) is 4. The summed E-state index contributed by atoms with van der Waals surface area (Å²) in [6.45, 7) is -0.591. The molecule has 4 N–H and O–H groups in total. The second-order valence-electron chi connectivity index (χ2n) is 5.58. The maximum absolute atomic E-state index is 11.3. The first-order valence-corrected chi connectivity index (χ1v) is 7.55. The van der Waals surface area contributed by atoms with E-state index in [1.165, 1.54) is 18.0 Å². The molecule has 3 heterocycles. The summed E-state index contributed by atoms with van der Waals surface area (Å²) in [5, 5.41) is 53.7. The van der Waals surface area contributed by atoms with Crippen LogP contribution in [0, 0.1) is 0 Å². The molecule has 0 bridgehead atoms. The minimum absolute atomic E-state index is 0.00109. The fraction of sp³-hybridized carbons (Fsp3) is 0.615. The average molecular weight is 371 g/mol. The van der Waals surface area contributed by atoms with Gasteiger partial charge in [-0.1, -0.05) is 5.21 Å². The summed E-state index contributed by atoms with van der Waals surface area (Å²) < 4.78 is 16.5. The smallest absolute Gasteiger partial charge is 0.360 e. The van der Waals surface area contributed by atoms with Crippen LogP contribution in [-0.4, -0.2) is 89.7 Å². The first-order valence-electron chi connectivity index (χ1n) is 7.55. The summed E-state index contributed by atoms with van der Waals surface area (Å²) in [6.07, 6.45) is -5.57. The molecule has 0 unspecified atom stereocenters. The van der Waals surface area contributed by atoms with Gasteiger partial charge in [-0.3, -0.25) is 0 Å². The lowest BCUT2D eigenvalue weighted by Gasteiger charge is -2.38. The van der Waals surface area contributed by atoms with Gasteiger partial charge in [-0.15, -0.1) is 15.3 Å². The van der Waals surface area contributed by atoms with Crippen LogP contribution in [0.5, 0.6) is 0 Å². The summed E-state index contributed by atoms with van der Waals surface area (Å²) in [5.41, 5.74) is 0.00109. The van der Waals surface area contributed by atoms with Crippen molar-refractivity contribution in [1.29, 1.82) is 0 Å². The van der Waals surface area contributed by atoms with Crippen LogP contribution in [0.15, 0.2) is 10.6 Å². The highest BCUT2D eigenvalue weighted by Gasteiger charge is 2.46. The van der Waals surface area contributed by atoms with Crippen LogP contribution in [0.3, 0.4) is 0 Å². The number of aromatic nitrogens is 5. The third-order valence-corrected chi connectivity index (χ3v) is 3.85.